The summed E-state index contributed by atoms with van der Waals surface area (Å²) in [5.41, 5.74) is 12.9. The van der Waals surface area contributed by atoms with Crippen LogP contribution in [0, 0.1) is 17.5 Å². The summed E-state index contributed by atoms with van der Waals surface area (Å²) >= 11 is 0. The lowest BCUT2D eigenvalue weighted by Crippen LogP contribution is -2.19. The van der Waals surface area contributed by atoms with E-state index in [-0.39, 0.29) is 17.9 Å². The fraction of sp³-hybridized carbons (Fsp3) is 0.174. The molecule has 1 amide bonds. The molecule has 0 aliphatic rings. The standard InChI is InChI=1S/C23H21F3N8O/c24-15-7-13(8-16(25)11-15)9-20(27)21-18(14-1-2-19(26)17(10-14)22(28)35)12-30-23(32-21)29-3-5-34-6-4-31-33-34/h1-2,4,6-8,10-12,20H,3,5,9,27H2,(H2,28,35)(H,29,30,32). The minimum absolute atomic E-state index is 0.0565. The number of anilines is 1. The van der Waals surface area contributed by atoms with Crippen LogP contribution in [0.25, 0.3) is 11.1 Å². The first-order chi connectivity index (χ1) is 16.8. The number of primary amides is 1. The molecule has 5 N–H and O–H groups in total. The quantitative estimate of drug-likeness (QED) is 0.333. The van der Waals surface area contributed by atoms with Crippen molar-refractivity contribution in [1.29, 1.82) is 0 Å². The molecule has 0 bridgehead atoms. The van der Waals surface area contributed by atoms with Gasteiger partial charge in [0.05, 0.1) is 30.0 Å². The van der Waals surface area contributed by atoms with Crippen molar-refractivity contribution in [1.82, 2.24) is 25.0 Å². The summed E-state index contributed by atoms with van der Waals surface area (Å²) in [5.74, 6) is -2.90. The summed E-state index contributed by atoms with van der Waals surface area (Å²) in [6.07, 6.45) is 4.79. The van der Waals surface area contributed by atoms with Crippen molar-refractivity contribution in [3.8, 4) is 11.1 Å². The highest BCUT2D eigenvalue weighted by Gasteiger charge is 2.19. The third kappa shape index (κ3) is 5.79. The second-order valence-electron chi connectivity index (χ2n) is 7.73. The minimum atomic E-state index is -0.933. The van der Waals surface area contributed by atoms with Crippen molar-refractivity contribution in [3.05, 3.63) is 89.3 Å². The molecule has 0 fully saturated rings. The number of hydrogen-bond acceptors (Lipinski definition) is 7. The predicted molar refractivity (Wildman–Crippen MR) is 121 cm³/mol. The summed E-state index contributed by atoms with van der Waals surface area (Å²) in [6.45, 7) is 0.921. The number of benzene rings is 2. The van der Waals surface area contributed by atoms with Gasteiger partial charge in [-0.1, -0.05) is 11.3 Å². The molecule has 180 valence electrons. The lowest BCUT2D eigenvalue weighted by Gasteiger charge is -2.18. The van der Waals surface area contributed by atoms with E-state index < -0.39 is 29.4 Å². The largest absolute Gasteiger partial charge is 0.366 e. The lowest BCUT2D eigenvalue weighted by molar-refractivity contribution is 0.0996. The predicted octanol–water partition coefficient (Wildman–Crippen LogP) is 2.61. The molecule has 0 saturated carbocycles. The number of halogens is 3. The van der Waals surface area contributed by atoms with Gasteiger partial charge in [0, 0.05) is 30.6 Å². The van der Waals surface area contributed by atoms with Crippen molar-refractivity contribution < 1.29 is 18.0 Å². The maximum Gasteiger partial charge on any atom is 0.251 e. The highest BCUT2D eigenvalue weighted by atomic mass is 19.1. The van der Waals surface area contributed by atoms with E-state index in [1.54, 1.807) is 17.1 Å². The van der Waals surface area contributed by atoms with Crippen molar-refractivity contribution in [2.75, 3.05) is 11.9 Å². The van der Waals surface area contributed by atoms with Crippen molar-refractivity contribution >= 4 is 11.9 Å². The number of carbonyl (C=O) groups excluding carboxylic acids is 1. The first-order valence-electron chi connectivity index (χ1n) is 10.6. The molecule has 2 aromatic heterocycles. The molecule has 0 aliphatic carbocycles. The maximum atomic E-state index is 14.0. The monoisotopic (exact) mass is 482 g/mol. The van der Waals surface area contributed by atoms with E-state index in [1.807, 2.05) is 0 Å². The van der Waals surface area contributed by atoms with Crippen LogP contribution in [-0.2, 0) is 13.0 Å². The zero-order valence-electron chi connectivity index (χ0n) is 18.3. The zero-order chi connectivity index (χ0) is 24.9. The average molecular weight is 482 g/mol. The third-order valence-corrected chi connectivity index (χ3v) is 5.19. The van der Waals surface area contributed by atoms with Crippen molar-refractivity contribution in [2.24, 2.45) is 11.5 Å². The number of nitrogens with one attached hydrogen (secondary N) is 1. The van der Waals surface area contributed by atoms with Crippen LogP contribution in [0.2, 0.25) is 0 Å². The molecule has 12 heteroatoms. The van der Waals surface area contributed by atoms with Crippen LogP contribution < -0.4 is 16.8 Å². The number of nitrogens with zero attached hydrogens (tertiary/aromatic N) is 5. The van der Waals surface area contributed by atoms with Gasteiger partial charge in [0.15, 0.2) is 0 Å². The summed E-state index contributed by atoms with van der Waals surface area (Å²) in [4.78, 5) is 20.4. The molecule has 0 aliphatic heterocycles. The van der Waals surface area contributed by atoms with Gasteiger partial charge in [0.1, 0.15) is 17.5 Å². The zero-order valence-corrected chi connectivity index (χ0v) is 18.3. The lowest BCUT2D eigenvalue weighted by atomic mass is 9.96. The van der Waals surface area contributed by atoms with Gasteiger partial charge in [-0.25, -0.2) is 23.1 Å². The fourth-order valence-electron chi connectivity index (χ4n) is 3.58. The Kier molecular flexibility index (Phi) is 7.01. The van der Waals surface area contributed by atoms with E-state index in [0.717, 1.165) is 12.1 Å². The molecule has 0 radical (unpaired) electrons. The molecule has 4 aromatic rings. The van der Waals surface area contributed by atoms with E-state index in [0.29, 0.717) is 35.5 Å². The first kappa shape index (κ1) is 23.8. The number of carbonyl (C=O) groups is 1. The van der Waals surface area contributed by atoms with Crippen LogP contribution in [-0.4, -0.2) is 37.4 Å². The van der Waals surface area contributed by atoms with E-state index >= 15 is 0 Å². The summed E-state index contributed by atoms with van der Waals surface area (Å²) in [5, 5.41) is 10.7. The van der Waals surface area contributed by atoms with Crippen LogP contribution in [0.4, 0.5) is 19.1 Å². The Morgan fingerprint density at radius 3 is 2.57 bits per heavy atom. The highest BCUT2D eigenvalue weighted by Crippen LogP contribution is 2.29. The summed E-state index contributed by atoms with van der Waals surface area (Å²) in [6, 6.07) is 6.16. The van der Waals surface area contributed by atoms with Gasteiger partial charge >= 0.3 is 0 Å². The summed E-state index contributed by atoms with van der Waals surface area (Å²) in [7, 11) is 0. The molecule has 2 aromatic carbocycles. The molecular weight excluding hydrogens is 461 g/mol. The number of aromatic nitrogens is 5. The van der Waals surface area contributed by atoms with Gasteiger partial charge in [-0.05, 0) is 41.8 Å². The Balaban J connectivity index is 1.67. The molecule has 9 nitrogen and oxygen atoms in total. The van der Waals surface area contributed by atoms with Crippen molar-refractivity contribution in [2.45, 2.75) is 19.0 Å². The number of nitrogens with two attached hydrogens (primary N) is 2. The van der Waals surface area contributed by atoms with Gasteiger partial charge in [-0.15, -0.1) is 5.10 Å². The van der Waals surface area contributed by atoms with Gasteiger partial charge in [-0.2, -0.15) is 0 Å². The third-order valence-electron chi connectivity index (χ3n) is 5.19. The second kappa shape index (κ2) is 10.3. The van der Waals surface area contributed by atoms with Crippen LogP contribution >= 0.6 is 0 Å². The van der Waals surface area contributed by atoms with E-state index in [9.17, 15) is 18.0 Å². The smallest absolute Gasteiger partial charge is 0.251 e. The van der Waals surface area contributed by atoms with Crippen LogP contribution in [0.5, 0.6) is 0 Å². The molecule has 0 saturated heterocycles. The van der Waals surface area contributed by atoms with Gasteiger partial charge in [0.2, 0.25) is 5.95 Å². The Morgan fingerprint density at radius 1 is 1.11 bits per heavy atom. The Hall–Kier alpha value is -4.32. The Morgan fingerprint density at radius 2 is 1.89 bits per heavy atom. The Bertz CT molecular complexity index is 1330. The fourth-order valence-corrected chi connectivity index (χ4v) is 3.58. The van der Waals surface area contributed by atoms with Crippen molar-refractivity contribution in [3.63, 3.8) is 0 Å². The summed E-state index contributed by atoms with van der Waals surface area (Å²) < 4.78 is 43.0. The molecule has 2 heterocycles. The number of hydrogen-bond donors (Lipinski definition) is 3. The molecule has 4 rings (SSSR count). The normalized spacial score (nSPS) is 11.9. The second-order valence-corrected chi connectivity index (χ2v) is 7.73. The number of amides is 1. The van der Waals surface area contributed by atoms with Gasteiger partial charge < -0.3 is 16.8 Å². The van der Waals surface area contributed by atoms with Crippen LogP contribution in [0.3, 0.4) is 0 Å². The van der Waals surface area contributed by atoms with E-state index in [1.165, 1.54) is 30.5 Å². The van der Waals surface area contributed by atoms with Gasteiger partial charge in [-0.3, -0.25) is 9.48 Å². The maximum absolute atomic E-state index is 14.0. The molecule has 35 heavy (non-hydrogen) atoms. The number of rotatable bonds is 9. The minimum Gasteiger partial charge on any atom is -0.366 e. The van der Waals surface area contributed by atoms with Crippen LogP contribution in [0.1, 0.15) is 27.7 Å². The molecule has 1 atom stereocenters. The van der Waals surface area contributed by atoms with Crippen LogP contribution in [0.15, 0.2) is 55.0 Å². The first-order valence-corrected chi connectivity index (χ1v) is 10.6. The topological polar surface area (TPSA) is 138 Å². The SMILES string of the molecule is NC(=O)c1cc(-c2cnc(NCCn3ccnn3)nc2C(N)Cc2cc(F)cc(F)c2)ccc1F. The average Bonchev–Trinajstić information content (AvgIpc) is 3.32. The molecule has 0 spiro atoms. The molecule has 1 unspecified atom stereocenters. The Labute approximate surface area is 198 Å². The van der Waals surface area contributed by atoms with Gasteiger partial charge in [0.25, 0.3) is 5.91 Å². The highest BCUT2D eigenvalue weighted by molar-refractivity contribution is 5.94. The molecular formula is C23H21F3N8O. The van der Waals surface area contributed by atoms with E-state index in [4.69, 9.17) is 11.5 Å². The van der Waals surface area contributed by atoms with E-state index in [2.05, 4.69) is 25.6 Å².